The highest BCUT2D eigenvalue weighted by molar-refractivity contribution is 9.10. The van der Waals surface area contributed by atoms with Gasteiger partial charge in [0.1, 0.15) is 0 Å². The molecular weight excluding hydrogens is 382 g/mol. The van der Waals surface area contributed by atoms with Gasteiger partial charge >= 0.3 is 0 Å². The van der Waals surface area contributed by atoms with Crippen molar-refractivity contribution in [2.45, 2.75) is 12.3 Å². The van der Waals surface area contributed by atoms with Gasteiger partial charge in [-0.3, -0.25) is 9.48 Å². The van der Waals surface area contributed by atoms with Crippen molar-refractivity contribution in [3.8, 4) is 0 Å². The van der Waals surface area contributed by atoms with Crippen LogP contribution in [0, 0.1) is 0 Å². The Labute approximate surface area is 153 Å². The van der Waals surface area contributed by atoms with Crippen LogP contribution in [0.15, 0.2) is 41.5 Å². The lowest BCUT2D eigenvalue weighted by atomic mass is 9.95. The van der Waals surface area contributed by atoms with E-state index < -0.39 is 5.92 Å². The summed E-state index contributed by atoms with van der Waals surface area (Å²) >= 11 is 3.50. The summed E-state index contributed by atoms with van der Waals surface area (Å²) in [6, 6.07) is 5.97. The van der Waals surface area contributed by atoms with E-state index in [-0.39, 0.29) is 5.78 Å². The van der Waals surface area contributed by atoms with Crippen molar-refractivity contribution in [3.63, 3.8) is 0 Å². The fourth-order valence-corrected chi connectivity index (χ4v) is 3.64. The van der Waals surface area contributed by atoms with Crippen molar-refractivity contribution in [1.29, 1.82) is 0 Å². The lowest BCUT2D eigenvalue weighted by molar-refractivity contribution is -0.118. The maximum atomic E-state index is 12.8. The number of hydrogen-bond donors (Lipinski definition) is 1. The number of nitrogens with zero attached hydrogens (tertiary/aromatic N) is 4. The number of nitrogens with one attached hydrogen (secondary N) is 1. The number of benzene rings is 1. The van der Waals surface area contributed by atoms with Gasteiger partial charge in [-0.2, -0.15) is 10.1 Å². The largest absolute Gasteiger partial charge is 0.351 e. The van der Waals surface area contributed by atoms with Gasteiger partial charge in [-0.1, -0.05) is 28.1 Å². The lowest BCUT2D eigenvalue weighted by Crippen LogP contribution is -2.13. The summed E-state index contributed by atoms with van der Waals surface area (Å²) in [6.45, 7) is 4.24. The number of aryl methyl sites for hydroxylation is 1. The van der Waals surface area contributed by atoms with E-state index in [1.165, 1.54) is 0 Å². The van der Waals surface area contributed by atoms with E-state index in [4.69, 9.17) is 0 Å². The summed E-state index contributed by atoms with van der Waals surface area (Å²) in [6.07, 6.45) is 4.03. The molecule has 1 aromatic carbocycles. The maximum absolute atomic E-state index is 12.8. The summed E-state index contributed by atoms with van der Waals surface area (Å²) in [7, 11) is 1.84. The molecule has 0 amide bonds. The first-order valence-electron chi connectivity index (χ1n) is 7.94. The van der Waals surface area contributed by atoms with Crippen molar-refractivity contribution in [3.05, 3.63) is 58.3 Å². The van der Waals surface area contributed by atoms with Gasteiger partial charge < -0.3 is 5.32 Å². The van der Waals surface area contributed by atoms with Gasteiger partial charge in [0, 0.05) is 30.7 Å². The molecule has 2 heterocycles. The second-order valence-corrected chi connectivity index (χ2v) is 6.98. The minimum Gasteiger partial charge on any atom is -0.351 e. The topological polar surface area (TPSA) is 72.7 Å². The molecule has 25 heavy (non-hydrogen) atoms. The average Bonchev–Trinajstić information content (AvgIpc) is 3.10. The van der Waals surface area contributed by atoms with Crippen LogP contribution >= 0.6 is 15.9 Å². The van der Waals surface area contributed by atoms with E-state index in [9.17, 15) is 4.79 Å². The summed E-state index contributed by atoms with van der Waals surface area (Å²) < 4.78 is 2.65. The molecule has 6 nitrogen and oxygen atoms in total. The Morgan fingerprint density at radius 2 is 2.28 bits per heavy atom. The number of carbonyl (C=O) groups excluding carboxylic acids is 1. The third-order valence-electron chi connectivity index (χ3n) is 4.31. The Morgan fingerprint density at radius 3 is 3.08 bits per heavy atom. The molecule has 0 aliphatic heterocycles. The van der Waals surface area contributed by atoms with Crippen molar-refractivity contribution in [2.75, 3.05) is 11.9 Å². The molecule has 1 aliphatic carbocycles. The quantitative estimate of drug-likeness (QED) is 0.685. The Kier molecular flexibility index (Phi) is 3.88. The first-order chi connectivity index (χ1) is 12.1. The molecule has 3 aromatic rings. The molecule has 0 radical (unpaired) electrons. The highest BCUT2D eigenvalue weighted by Crippen LogP contribution is 2.38. The monoisotopic (exact) mass is 397 g/mol. The van der Waals surface area contributed by atoms with Crippen LogP contribution in [0.5, 0.6) is 0 Å². The number of carbonyl (C=O) groups is 1. The number of ketones is 1. The fraction of sp³-hybridized carbons (Fsp3) is 0.222. The Balaban J connectivity index is 1.92. The van der Waals surface area contributed by atoms with E-state index in [0.717, 1.165) is 21.0 Å². The number of halogens is 1. The Bertz CT molecular complexity index is 1010. The van der Waals surface area contributed by atoms with Crippen molar-refractivity contribution in [2.24, 2.45) is 7.05 Å². The lowest BCUT2D eigenvalue weighted by Gasteiger charge is -2.13. The van der Waals surface area contributed by atoms with Crippen LogP contribution in [0.2, 0.25) is 0 Å². The van der Waals surface area contributed by atoms with Crippen LogP contribution < -0.4 is 5.32 Å². The minimum atomic E-state index is -0.397. The van der Waals surface area contributed by atoms with E-state index in [1.54, 1.807) is 10.8 Å². The van der Waals surface area contributed by atoms with Gasteiger partial charge in [0.25, 0.3) is 0 Å². The summed E-state index contributed by atoms with van der Waals surface area (Å²) in [5, 5.41) is 8.29. The average molecular weight is 398 g/mol. The summed E-state index contributed by atoms with van der Waals surface area (Å²) in [5.74, 6) is 0.204. The van der Waals surface area contributed by atoms with Crippen LogP contribution in [-0.2, 0) is 18.3 Å². The predicted molar refractivity (Wildman–Crippen MR) is 99.7 cm³/mol. The van der Waals surface area contributed by atoms with E-state index >= 15 is 0 Å². The molecule has 0 saturated heterocycles. The molecule has 0 bridgehead atoms. The van der Waals surface area contributed by atoms with Crippen LogP contribution in [0.25, 0.3) is 11.0 Å². The van der Waals surface area contributed by atoms with Gasteiger partial charge in [0.05, 0.1) is 17.0 Å². The number of anilines is 1. The smallest absolute Gasteiger partial charge is 0.225 e. The normalized spacial score (nSPS) is 16.2. The maximum Gasteiger partial charge on any atom is 0.225 e. The first kappa shape index (κ1) is 16.0. The number of aromatic nitrogens is 4. The third kappa shape index (κ3) is 2.74. The summed E-state index contributed by atoms with van der Waals surface area (Å²) in [4.78, 5) is 21.9. The number of fused-ring (bicyclic) bond motifs is 2. The highest BCUT2D eigenvalue weighted by atomic mass is 79.9. The molecular formula is C18H16BrN5O. The van der Waals surface area contributed by atoms with Gasteiger partial charge in [0.2, 0.25) is 5.95 Å². The minimum absolute atomic E-state index is 0.145. The standard InChI is InChI=1S/C18H16BrN5O/c1-3-6-20-18-21-16(13-9-24(2)23-17(13)22-18)15-12-8-11(19)5-4-10(12)7-14(15)25/h3-5,8-9,15H,1,6-7H2,2H3,(H,20,22,23). The Hall–Kier alpha value is -2.54. The van der Waals surface area contributed by atoms with Crippen LogP contribution in [-0.4, -0.2) is 32.1 Å². The van der Waals surface area contributed by atoms with Crippen molar-refractivity contribution in [1.82, 2.24) is 19.7 Å². The van der Waals surface area contributed by atoms with Crippen LogP contribution in [0.3, 0.4) is 0 Å². The molecule has 1 atom stereocenters. The zero-order valence-electron chi connectivity index (χ0n) is 13.7. The first-order valence-corrected chi connectivity index (χ1v) is 8.73. The van der Waals surface area contributed by atoms with Crippen molar-refractivity contribution < 1.29 is 4.79 Å². The number of rotatable bonds is 4. The molecule has 4 rings (SSSR count). The van der Waals surface area contributed by atoms with Crippen LogP contribution in [0.1, 0.15) is 22.7 Å². The number of Topliss-reactive ketones (excluding diaryl/α,β-unsaturated/α-hetero) is 1. The van der Waals surface area contributed by atoms with Crippen molar-refractivity contribution >= 4 is 38.7 Å². The highest BCUT2D eigenvalue weighted by Gasteiger charge is 2.35. The zero-order chi connectivity index (χ0) is 17.6. The molecule has 0 spiro atoms. The third-order valence-corrected chi connectivity index (χ3v) is 4.80. The van der Waals surface area contributed by atoms with Gasteiger partial charge in [-0.15, -0.1) is 6.58 Å². The van der Waals surface area contributed by atoms with Gasteiger partial charge in [-0.05, 0) is 23.3 Å². The molecule has 2 aromatic heterocycles. The second-order valence-electron chi connectivity index (χ2n) is 6.06. The molecule has 0 fully saturated rings. The summed E-state index contributed by atoms with van der Waals surface area (Å²) in [5.41, 5.74) is 3.33. The number of hydrogen-bond acceptors (Lipinski definition) is 5. The molecule has 1 aliphatic rings. The molecule has 1 unspecified atom stereocenters. The molecule has 0 saturated carbocycles. The van der Waals surface area contributed by atoms with E-state index in [2.05, 4.69) is 42.9 Å². The van der Waals surface area contributed by atoms with E-state index in [0.29, 0.717) is 30.3 Å². The zero-order valence-corrected chi connectivity index (χ0v) is 15.2. The predicted octanol–water partition coefficient (Wildman–Crippen LogP) is 2.98. The Morgan fingerprint density at radius 1 is 1.44 bits per heavy atom. The van der Waals surface area contributed by atoms with Crippen LogP contribution in [0.4, 0.5) is 5.95 Å². The van der Waals surface area contributed by atoms with E-state index in [1.807, 2.05) is 31.4 Å². The second kappa shape index (κ2) is 6.07. The molecule has 1 N–H and O–H groups in total. The SMILES string of the molecule is C=CCNc1nc(C2C(=O)Cc3ccc(Br)cc32)c2cn(C)nc2n1. The fourth-order valence-electron chi connectivity index (χ4n) is 3.26. The van der Waals surface area contributed by atoms with Gasteiger partial charge in [-0.25, -0.2) is 4.98 Å². The van der Waals surface area contributed by atoms with Gasteiger partial charge in [0.15, 0.2) is 11.4 Å². The molecule has 7 heteroatoms. The molecule has 126 valence electrons.